The quantitative estimate of drug-likeness (QED) is 0.621. The van der Waals surface area contributed by atoms with Crippen molar-refractivity contribution in [3.05, 3.63) is 70.3 Å². The van der Waals surface area contributed by atoms with Gasteiger partial charge in [-0.05, 0) is 36.8 Å². The maximum Gasteiger partial charge on any atom is 0.343 e. The van der Waals surface area contributed by atoms with Crippen molar-refractivity contribution in [3.8, 4) is 0 Å². The lowest BCUT2D eigenvalue weighted by Gasteiger charge is -2.28. The molecule has 3 aromatic rings. The Kier molecular flexibility index (Phi) is 3.99. The molecule has 0 bridgehead atoms. The predicted molar refractivity (Wildman–Crippen MR) is 108 cm³/mol. The van der Waals surface area contributed by atoms with Gasteiger partial charge in [0.15, 0.2) is 4.87 Å². The van der Waals surface area contributed by atoms with E-state index in [1.54, 1.807) is 17.2 Å². The predicted octanol–water partition coefficient (Wildman–Crippen LogP) is 2.68. The Labute approximate surface area is 170 Å². The zero-order valence-corrected chi connectivity index (χ0v) is 16.4. The van der Waals surface area contributed by atoms with Crippen LogP contribution in [0.5, 0.6) is 0 Å². The van der Waals surface area contributed by atoms with Crippen LogP contribution in [0, 0.1) is 6.92 Å². The number of anilines is 1. The van der Waals surface area contributed by atoms with Crippen LogP contribution in [0.3, 0.4) is 0 Å². The lowest BCUT2D eigenvalue weighted by Crippen LogP contribution is -2.47. The van der Waals surface area contributed by atoms with Crippen LogP contribution in [0.2, 0.25) is 0 Å². The molecule has 0 saturated carbocycles. The number of thioether (sulfide) groups is 1. The minimum Gasteiger partial charge on any atom is -0.457 e. The highest BCUT2D eigenvalue weighted by atomic mass is 32.2. The average Bonchev–Trinajstić information content (AvgIpc) is 3.21. The molecular weight excluding hydrogens is 390 g/mol. The standard InChI is InChI=1S/C21H17N3O4S/c1-13-7-9-23-17(10-13)22-14(11-19(23)26)12-28-20(27)21-8-6-18(25)24(21)15-4-2-3-5-16(15)29-21/h2-5,7,9-11H,6,8,12H2,1H3/t21-/m1/s1. The number of pyridine rings is 1. The first kappa shape index (κ1) is 17.9. The van der Waals surface area contributed by atoms with Crippen molar-refractivity contribution in [2.45, 2.75) is 36.1 Å². The second-order valence-electron chi connectivity index (χ2n) is 7.18. The smallest absolute Gasteiger partial charge is 0.343 e. The van der Waals surface area contributed by atoms with E-state index in [0.29, 0.717) is 24.2 Å². The van der Waals surface area contributed by atoms with E-state index in [9.17, 15) is 14.4 Å². The maximum absolute atomic E-state index is 13.1. The van der Waals surface area contributed by atoms with Crippen LogP contribution in [0.25, 0.3) is 5.65 Å². The first-order chi connectivity index (χ1) is 14.0. The molecule has 29 heavy (non-hydrogen) atoms. The van der Waals surface area contributed by atoms with E-state index in [4.69, 9.17) is 4.74 Å². The maximum atomic E-state index is 13.1. The van der Waals surface area contributed by atoms with Gasteiger partial charge in [0.05, 0.1) is 11.4 Å². The lowest BCUT2D eigenvalue weighted by atomic mass is 10.2. The van der Waals surface area contributed by atoms with Crippen molar-refractivity contribution in [1.82, 2.24) is 9.38 Å². The molecule has 1 saturated heterocycles. The topological polar surface area (TPSA) is 81.0 Å². The van der Waals surface area contributed by atoms with Crippen LogP contribution in [0.1, 0.15) is 24.1 Å². The van der Waals surface area contributed by atoms with Gasteiger partial charge in [0, 0.05) is 30.0 Å². The summed E-state index contributed by atoms with van der Waals surface area (Å²) in [5.41, 5.74) is 2.36. The largest absolute Gasteiger partial charge is 0.457 e. The molecule has 1 amide bonds. The summed E-state index contributed by atoms with van der Waals surface area (Å²) in [6, 6.07) is 12.5. The number of nitrogens with zero attached hydrogens (tertiary/aromatic N) is 3. The van der Waals surface area contributed by atoms with E-state index in [0.717, 1.165) is 16.1 Å². The normalized spacial score (nSPS) is 20.0. The Hall–Kier alpha value is -3.13. The van der Waals surface area contributed by atoms with Gasteiger partial charge in [-0.15, -0.1) is 0 Å². The number of fused-ring (bicyclic) bond motifs is 4. The summed E-state index contributed by atoms with van der Waals surface area (Å²) in [7, 11) is 0. The number of carbonyl (C=O) groups excluding carboxylic acids is 2. The third kappa shape index (κ3) is 2.74. The molecule has 2 aliphatic rings. The third-order valence-electron chi connectivity index (χ3n) is 5.22. The number of benzene rings is 1. The van der Waals surface area contributed by atoms with Gasteiger partial charge in [-0.25, -0.2) is 9.78 Å². The van der Waals surface area contributed by atoms with Crippen molar-refractivity contribution in [2.24, 2.45) is 0 Å². The number of esters is 1. The summed E-state index contributed by atoms with van der Waals surface area (Å²) in [5, 5.41) is 0. The van der Waals surface area contributed by atoms with E-state index in [1.165, 1.54) is 22.2 Å². The molecule has 4 heterocycles. The molecule has 2 aliphatic heterocycles. The molecule has 0 unspecified atom stereocenters. The average molecular weight is 407 g/mol. The molecule has 146 valence electrons. The minimum absolute atomic E-state index is 0.0862. The molecule has 7 nitrogen and oxygen atoms in total. The van der Waals surface area contributed by atoms with Crippen molar-refractivity contribution >= 4 is 35.0 Å². The number of ether oxygens (including phenoxy) is 1. The fraction of sp³-hybridized carbons (Fsp3) is 0.238. The van der Waals surface area contributed by atoms with E-state index >= 15 is 0 Å². The number of carbonyl (C=O) groups is 2. The molecule has 1 aromatic carbocycles. The van der Waals surface area contributed by atoms with Crippen molar-refractivity contribution < 1.29 is 14.3 Å². The third-order valence-corrected chi connectivity index (χ3v) is 6.68. The summed E-state index contributed by atoms with van der Waals surface area (Å²) in [5.74, 6) is -0.576. The molecule has 0 aliphatic carbocycles. The molecule has 2 aromatic heterocycles. The number of para-hydroxylation sites is 1. The zero-order chi connectivity index (χ0) is 20.2. The van der Waals surface area contributed by atoms with Crippen LogP contribution in [-0.2, 0) is 20.9 Å². The molecule has 1 atom stereocenters. The Bertz CT molecular complexity index is 1240. The van der Waals surface area contributed by atoms with Gasteiger partial charge in [0.25, 0.3) is 5.56 Å². The second kappa shape index (κ2) is 6.45. The summed E-state index contributed by atoms with van der Waals surface area (Å²) < 4.78 is 7.01. The van der Waals surface area contributed by atoms with E-state index in [2.05, 4.69) is 4.98 Å². The van der Waals surface area contributed by atoms with Crippen molar-refractivity contribution in [2.75, 3.05) is 4.90 Å². The molecule has 8 heteroatoms. The van der Waals surface area contributed by atoms with Gasteiger partial charge < -0.3 is 4.74 Å². The van der Waals surface area contributed by atoms with E-state index < -0.39 is 10.8 Å². The number of hydrogen-bond acceptors (Lipinski definition) is 6. The van der Waals surface area contributed by atoms with E-state index in [-0.39, 0.29) is 18.1 Å². The van der Waals surface area contributed by atoms with Gasteiger partial charge in [-0.2, -0.15) is 0 Å². The number of hydrogen-bond donors (Lipinski definition) is 0. The molecular formula is C21H17N3O4S. The molecule has 1 fully saturated rings. The molecule has 0 N–H and O–H groups in total. The van der Waals surface area contributed by atoms with Gasteiger partial charge in [-0.1, -0.05) is 23.9 Å². The second-order valence-corrected chi connectivity index (χ2v) is 8.50. The summed E-state index contributed by atoms with van der Waals surface area (Å²) in [6.45, 7) is 1.79. The van der Waals surface area contributed by atoms with Gasteiger partial charge in [0.1, 0.15) is 12.3 Å². The van der Waals surface area contributed by atoms with Crippen LogP contribution in [0.15, 0.2) is 58.4 Å². The fourth-order valence-corrected chi connectivity index (χ4v) is 5.26. The highest BCUT2D eigenvalue weighted by Gasteiger charge is 2.58. The highest BCUT2D eigenvalue weighted by Crippen LogP contribution is 2.56. The Balaban J connectivity index is 1.42. The number of aryl methyl sites for hydroxylation is 1. The number of rotatable bonds is 3. The monoisotopic (exact) mass is 407 g/mol. The van der Waals surface area contributed by atoms with Crippen molar-refractivity contribution in [1.29, 1.82) is 0 Å². The number of aromatic nitrogens is 2. The van der Waals surface area contributed by atoms with Crippen LogP contribution in [-0.4, -0.2) is 26.1 Å². The van der Waals surface area contributed by atoms with Crippen LogP contribution < -0.4 is 10.5 Å². The fourth-order valence-electron chi connectivity index (χ4n) is 3.85. The molecule has 5 rings (SSSR count). The Morgan fingerprint density at radius 3 is 2.93 bits per heavy atom. The van der Waals surface area contributed by atoms with Gasteiger partial charge in [-0.3, -0.25) is 18.9 Å². The van der Waals surface area contributed by atoms with Crippen LogP contribution in [0.4, 0.5) is 5.69 Å². The Morgan fingerprint density at radius 2 is 2.07 bits per heavy atom. The van der Waals surface area contributed by atoms with Crippen LogP contribution >= 0.6 is 11.8 Å². The van der Waals surface area contributed by atoms with Gasteiger partial charge in [0.2, 0.25) is 5.91 Å². The summed E-state index contributed by atoms with van der Waals surface area (Å²) in [6.07, 6.45) is 2.35. The minimum atomic E-state index is -1.08. The first-order valence-corrected chi connectivity index (χ1v) is 10.1. The summed E-state index contributed by atoms with van der Waals surface area (Å²) >= 11 is 1.35. The zero-order valence-electron chi connectivity index (χ0n) is 15.6. The lowest BCUT2D eigenvalue weighted by molar-refractivity contribution is -0.148. The Morgan fingerprint density at radius 1 is 1.24 bits per heavy atom. The molecule has 0 radical (unpaired) electrons. The highest BCUT2D eigenvalue weighted by molar-refractivity contribution is 8.02. The van der Waals surface area contributed by atoms with E-state index in [1.807, 2.05) is 37.3 Å². The molecule has 0 spiro atoms. The summed E-state index contributed by atoms with van der Waals surface area (Å²) in [4.78, 5) is 43.7. The number of amides is 1. The van der Waals surface area contributed by atoms with Gasteiger partial charge >= 0.3 is 5.97 Å². The first-order valence-electron chi connectivity index (χ1n) is 9.25. The SMILES string of the molecule is Cc1ccn2c(=O)cc(COC(=O)[C@]34CCC(=O)N3c3ccccc3S4)nc2c1. The van der Waals surface area contributed by atoms with Crippen molar-refractivity contribution in [3.63, 3.8) is 0 Å².